The van der Waals surface area contributed by atoms with Crippen molar-refractivity contribution in [3.63, 3.8) is 0 Å². The Labute approximate surface area is 141 Å². The molecule has 0 aliphatic carbocycles. The Balaban J connectivity index is 2.19. The molecule has 9 heteroatoms. The lowest BCUT2D eigenvalue weighted by molar-refractivity contribution is -0.385. The number of piperidine rings is 1. The number of nitrogens with zero attached hydrogens (tertiary/aromatic N) is 1. The van der Waals surface area contributed by atoms with Crippen LogP contribution in [0.15, 0.2) is 23.1 Å². The smallest absolute Gasteiger partial charge is 0.273 e. The molecule has 0 radical (unpaired) electrons. The van der Waals surface area contributed by atoms with Gasteiger partial charge in [0.25, 0.3) is 5.69 Å². The third-order valence-corrected chi connectivity index (χ3v) is 5.92. The third kappa shape index (κ3) is 4.03. The first-order chi connectivity index (χ1) is 11.2. The summed E-state index contributed by atoms with van der Waals surface area (Å²) in [6.45, 7) is 5.31. The van der Waals surface area contributed by atoms with Crippen molar-refractivity contribution >= 4 is 15.7 Å². The molecule has 0 amide bonds. The normalized spacial score (nSPS) is 20.5. The standard InChI is InChI=1S/C15H23N3O5S/c1-15(2)7-4-8-16-14(15)10-17-24(21,22)13-6-5-11(18(19)20)9-12(13)23-3/h5-6,9,14,16-17H,4,7-8,10H2,1-3H3. The van der Waals surface area contributed by atoms with Crippen LogP contribution in [0.1, 0.15) is 26.7 Å². The number of ether oxygens (including phenoxy) is 1. The number of nitro groups is 1. The van der Waals surface area contributed by atoms with Gasteiger partial charge in [-0.2, -0.15) is 0 Å². The van der Waals surface area contributed by atoms with Gasteiger partial charge in [-0.3, -0.25) is 10.1 Å². The summed E-state index contributed by atoms with van der Waals surface area (Å²) in [7, 11) is -2.55. The lowest BCUT2D eigenvalue weighted by Crippen LogP contribution is -2.52. The Bertz CT molecular complexity index is 718. The highest BCUT2D eigenvalue weighted by Crippen LogP contribution is 2.31. The number of hydrogen-bond acceptors (Lipinski definition) is 6. The van der Waals surface area contributed by atoms with E-state index in [0.717, 1.165) is 31.5 Å². The van der Waals surface area contributed by atoms with Crippen LogP contribution in [0, 0.1) is 15.5 Å². The number of rotatable bonds is 6. The maximum absolute atomic E-state index is 12.6. The van der Waals surface area contributed by atoms with Crippen molar-refractivity contribution in [3.8, 4) is 5.75 Å². The number of benzene rings is 1. The van der Waals surface area contributed by atoms with E-state index in [9.17, 15) is 18.5 Å². The zero-order chi connectivity index (χ0) is 18.0. The van der Waals surface area contributed by atoms with Crippen molar-refractivity contribution in [1.29, 1.82) is 0 Å². The fourth-order valence-corrected chi connectivity index (χ4v) is 4.08. The van der Waals surface area contributed by atoms with Crippen LogP contribution in [-0.4, -0.2) is 39.6 Å². The molecule has 0 spiro atoms. The van der Waals surface area contributed by atoms with Gasteiger partial charge in [0.1, 0.15) is 10.6 Å². The van der Waals surface area contributed by atoms with Crippen LogP contribution >= 0.6 is 0 Å². The lowest BCUT2D eigenvalue weighted by atomic mass is 9.78. The van der Waals surface area contributed by atoms with Crippen molar-refractivity contribution in [2.45, 2.75) is 37.6 Å². The minimum atomic E-state index is -3.83. The van der Waals surface area contributed by atoms with Crippen molar-refractivity contribution in [3.05, 3.63) is 28.3 Å². The molecule has 0 aromatic heterocycles. The Morgan fingerprint density at radius 1 is 1.46 bits per heavy atom. The third-order valence-electron chi connectivity index (χ3n) is 4.46. The van der Waals surface area contributed by atoms with Crippen LogP contribution in [0.5, 0.6) is 5.75 Å². The summed E-state index contributed by atoms with van der Waals surface area (Å²) in [6.07, 6.45) is 2.08. The summed E-state index contributed by atoms with van der Waals surface area (Å²) < 4.78 is 32.7. The van der Waals surface area contributed by atoms with E-state index in [2.05, 4.69) is 23.9 Å². The van der Waals surface area contributed by atoms with Gasteiger partial charge >= 0.3 is 0 Å². The van der Waals surface area contributed by atoms with Gasteiger partial charge in [-0.05, 0) is 30.9 Å². The predicted molar refractivity (Wildman–Crippen MR) is 89.6 cm³/mol. The first-order valence-electron chi connectivity index (χ1n) is 7.73. The second kappa shape index (κ2) is 7.04. The molecule has 1 aliphatic rings. The molecule has 1 unspecified atom stereocenters. The molecular formula is C15H23N3O5S. The molecule has 1 saturated heterocycles. The second-order valence-electron chi connectivity index (χ2n) is 6.54. The van der Waals surface area contributed by atoms with Gasteiger partial charge in [-0.25, -0.2) is 13.1 Å². The first-order valence-corrected chi connectivity index (χ1v) is 9.21. The molecule has 1 aliphatic heterocycles. The van der Waals surface area contributed by atoms with Crippen LogP contribution < -0.4 is 14.8 Å². The van der Waals surface area contributed by atoms with E-state index < -0.39 is 14.9 Å². The summed E-state index contributed by atoms with van der Waals surface area (Å²) in [5.41, 5.74) is -0.235. The highest BCUT2D eigenvalue weighted by atomic mass is 32.2. The molecule has 1 aromatic carbocycles. The molecule has 2 rings (SSSR count). The molecule has 8 nitrogen and oxygen atoms in total. The van der Waals surface area contributed by atoms with Gasteiger partial charge < -0.3 is 10.1 Å². The second-order valence-corrected chi connectivity index (χ2v) is 8.28. The Hall–Kier alpha value is -1.71. The number of hydrogen-bond donors (Lipinski definition) is 2. The fraction of sp³-hybridized carbons (Fsp3) is 0.600. The highest BCUT2D eigenvalue weighted by molar-refractivity contribution is 7.89. The summed E-state index contributed by atoms with van der Waals surface area (Å²) in [5, 5.41) is 14.1. The van der Waals surface area contributed by atoms with Crippen molar-refractivity contribution in [2.75, 3.05) is 20.2 Å². The Morgan fingerprint density at radius 3 is 2.75 bits per heavy atom. The molecule has 24 heavy (non-hydrogen) atoms. The quantitative estimate of drug-likeness (QED) is 0.592. The lowest BCUT2D eigenvalue weighted by Gasteiger charge is -2.39. The summed E-state index contributed by atoms with van der Waals surface area (Å²) in [6, 6.07) is 3.47. The van der Waals surface area contributed by atoms with E-state index in [1.165, 1.54) is 13.2 Å². The van der Waals surface area contributed by atoms with Gasteiger partial charge in [-0.15, -0.1) is 0 Å². The van der Waals surface area contributed by atoms with Gasteiger partial charge in [0, 0.05) is 18.7 Å². The first kappa shape index (κ1) is 18.6. The molecule has 1 heterocycles. The molecule has 1 fully saturated rings. The van der Waals surface area contributed by atoms with Gasteiger partial charge in [0.2, 0.25) is 10.0 Å². The van der Waals surface area contributed by atoms with Gasteiger partial charge in [-0.1, -0.05) is 13.8 Å². The van der Waals surface area contributed by atoms with E-state index in [4.69, 9.17) is 4.74 Å². The van der Waals surface area contributed by atoms with Gasteiger partial charge in [0.15, 0.2) is 0 Å². The molecule has 0 bridgehead atoms. The van der Waals surface area contributed by atoms with E-state index in [1.807, 2.05) is 0 Å². The van der Waals surface area contributed by atoms with Crippen molar-refractivity contribution in [2.24, 2.45) is 5.41 Å². The Morgan fingerprint density at radius 2 is 2.17 bits per heavy atom. The summed E-state index contributed by atoms with van der Waals surface area (Å²) >= 11 is 0. The zero-order valence-corrected chi connectivity index (χ0v) is 14.9. The van der Waals surface area contributed by atoms with E-state index in [0.29, 0.717) is 0 Å². The number of sulfonamides is 1. The average Bonchev–Trinajstić information content (AvgIpc) is 2.52. The molecule has 2 N–H and O–H groups in total. The highest BCUT2D eigenvalue weighted by Gasteiger charge is 2.33. The monoisotopic (exact) mass is 357 g/mol. The Kier molecular flexibility index (Phi) is 5.46. The minimum Gasteiger partial charge on any atom is -0.495 e. The maximum atomic E-state index is 12.6. The number of non-ortho nitro benzene ring substituents is 1. The fourth-order valence-electron chi connectivity index (χ4n) is 2.88. The number of methoxy groups -OCH3 is 1. The molecule has 134 valence electrons. The van der Waals surface area contributed by atoms with Crippen molar-refractivity contribution < 1.29 is 18.1 Å². The van der Waals surface area contributed by atoms with Crippen molar-refractivity contribution in [1.82, 2.24) is 10.0 Å². The van der Waals surface area contributed by atoms with E-state index in [1.54, 1.807) is 0 Å². The summed E-state index contributed by atoms with van der Waals surface area (Å²) in [5.74, 6) is -0.0486. The molecule has 0 saturated carbocycles. The number of nitro benzene ring substituents is 1. The molecule has 1 atom stereocenters. The zero-order valence-electron chi connectivity index (χ0n) is 14.0. The van der Waals surface area contributed by atoms with Crippen LogP contribution in [-0.2, 0) is 10.0 Å². The van der Waals surface area contributed by atoms with Crippen LogP contribution in [0.4, 0.5) is 5.69 Å². The summed E-state index contributed by atoms with van der Waals surface area (Å²) in [4.78, 5) is 10.1. The maximum Gasteiger partial charge on any atom is 0.273 e. The van der Waals surface area contributed by atoms with E-state index >= 15 is 0 Å². The molecular weight excluding hydrogens is 334 g/mol. The SMILES string of the molecule is COc1cc([N+](=O)[O-])ccc1S(=O)(=O)NCC1NCCCC1(C)C. The molecule has 1 aromatic rings. The average molecular weight is 357 g/mol. The van der Waals surface area contributed by atoms with E-state index in [-0.39, 0.29) is 34.3 Å². The van der Waals surface area contributed by atoms with Gasteiger partial charge in [0.05, 0.1) is 18.1 Å². The predicted octanol–water partition coefficient (Wildman–Crippen LogP) is 1.66. The minimum absolute atomic E-state index is 0.0136. The van der Waals surface area contributed by atoms with Crippen LogP contribution in [0.2, 0.25) is 0 Å². The largest absolute Gasteiger partial charge is 0.495 e. The van der Waals surface area contributed by atoms with Crippen LogP contribution in [0.3, 0.4) is 0 Å². The topological polar surface area (TPSA) is 111 Å². The van der Waals surface area contributed by atoms with Crippen LogP contribution in [0.25, 0.3) is 0 Å². The number of nitrogens with one attached hydrogen (secondary N) is 2.